The van der Waals surface area contributed by atoms with E-state index in [-0.39, 0.29) is 11.2 Å². The number of hydrogen-bond acceptors (Lipinski definition) is 3. The molecule has 0 N–H and O–H groups in total. The van der Waals surface area contributed by atoms with Crippen LogP contribution in [0.5, 0.6) is 11.5 Å². The molecule has 4 nitrogen and oxygen atoms in total. The van der Waals surface area contributed by atoms with E-state index in [4.69, 9.17) is 4.74 Å². The van der Waals surface area contributed by atoms with Crippen molar-refractivity contribution in [2.45, 2.75) is 39.3 Å². The van der Waals surface area contributed by atoms with Crippen LogP contribution in [0.2, 0.25) is 0 Å². The van der Waals surface area contributed by atoms with Crippen molar-refractivity contribution in [3.8, 4) is 11.5 Å². The summed E-state index contributed by atoms with van der Waals surface area (Å²) < 4.78 is 43.9. The Hall–Kier alpha value is -2.57. The molecule has 0 bridgehead atoms. The molecule has 2 rings (SSSR count). The second-order valence-corrected chi connectivity index (χ2v) is 6.77. The zero-order valence-corrected chi connectivity index (χ0v) is 14.3. The summed E-state index contributed by atoms with van der Waals surface area (Å²) in [5.41, 5.74) is -0.315. The number of nitrogens with zero attached hydrogens (tertiary/aromatic N) is 1. The van der Waals surface area contributed by atoms with Crippen molar-refractivity contribution in [3.05, 3.63) is 63.2 Å². The normalized spacial score (nSPS) is 12.1. The molecule has 7 heteroatoms. The van der Waals surface area contributed by atoms with E-state index in [0.29, 0.717) is 11.8 Å². The largest absolute Gasteiger partial charge is 0.450 e. The van der Waals surface area contributed by atoms with Crippen LogP contribution in [0.25, 0.3) is 0 Å². The van der Waals surface area contributed by atoms with Crippen molar-refractivity contribution in [1.29, 1.82) is 0 Å². The minimum Gasteiger partial charge on any atom is -0.450 e. The lowest BCUT2D eigenvalue weighted by molar-refractivity contribution is -0.385. The van der Waals surface area contributed by atoms with E-state index in [2.05, 4.69) is 0 Å². The molecule has 0 atom stereocenters. The molecule has 0 spiro atoms. The fourth-order valence-electron chi connectivity index (χ4n) is 2.22. The summed E-state index contributed by atoms with van der Waals surface area (Å²) in [6.45, 7) is 7.77. The molecule has 0 amide bonds. The molecule has 0 aromatic heterocycles. The van der Waals surface area contributed by atoms with Crippen molar-refractivity contribution in [1.82, 2.24) is 0 Å². The van der Waals surface area contributed by atoms with E-state index in [1.807, 2.05) is 32.9 Å². The molecule has 2 aromatic rings. The summed E-state index contributed by atoms with van der Waals surface area (Å²) in [5, 5.41) is 11.2. The molecular weight excluding hydrogens is 335 g/mol. The van der Waals surface area contributed by atoms with E-state index in [0.717, 1.165) is 23.3 Å². The van der Waals surface area contributed by atoms with E-state index in [9.17, 15) is 23.3 Å². The highest BCUT2D eigenvalue weighted by Gasteiger charge is 2.33. The Morgan fingerprint density at radius 2 is 1.56 bits per heavy atom. The van der Waals surface area contributed by atoms with Gasteiger partial charge in [0.15, 0.2) is 0 Å². The third kappa shape index (κ3) is 4.29. The molecule has 0 aliphatic rings. The predicted molar refractivity (Wildman–Crippen MR) is 88.1 cm³/mol. The molecule has 0 radical (unpaired) electrons. The van der Waals surface area contributed by atoms with Gasteiger partial charge in [-0.25, -0.2) is 0 Å². The summed E-state index contributed by atoms with van der Waals surface area (Å²) in [7, 11) is 0. The Balaban J connectivity index is 2.49. The van der Waals surface area contributed by atoms with Crippen LogP contribution in [-0.2, 0) is 11.6 Å². The zero-order chi connectivity index (χ0) is 19.0. The van der Waals surface area contributed by atoms with E-state index in [1.54, 1.807) is 13.0 Å². The molecule has 2 aromatic carbocycles. The van der Waals surface area contributed by atoms with Gasteiger partial charge in [0.1, 0.15) is 5.75 Å². The highest BCUT2D eigenvalue weighted by molar-refractivity contribution is 5.52. The summed E-state index contributed by atoms with van der Waals surface area (Å²) in [6.07, 6.45) is -4.66. The van der Waals surface area contributed by atoms with Crippen LogP contribution in [0.15, 0.2) is 36.4 Å². The fourth-order valence-corrected chi connectivity index (χ4v) is 2.22. The van der Waals surface area contributed by atoms with Gasteiger partial charge in [0.2, 0.25) is 5.75 Å². The van der Waals surface area contributed by atoms with Gasteiger partial charge in [-0.3, -0.25) is 10.1 Å². The summed E-state index contributed by atoms with van der Waals surface area (Å²) in [6, 6.07) is 7.71. The second-order valence-electron chi connectivity index (χ2n) is 6.77. The smallest absolute Gasteiger partial charge is 0.416 e. The minimum atomic E-state index is -4.66. The monoisotopic (exact) mass is 353 g/mol. The first-order chi connectivity index (χ1) is 11.4. The lowest BCUT2D eigenvalue weighted by atomic mass is 9.86. The number of hydrogen-bond donors (Lipinski definition) is 0. The quantitative estimate of drug-likeness (QED) is 0.501. The van der Waals surface area contributed by atoms with Crippen LogP contribution < -0.4 is 4.74 Å². The van der Waals surface area contributed by atoms with Crippen LogP contribution in [0.3, 0.4) is 0 Å². The third-order valence-electron chi connectivity index (χ3n) is 3.76. The number of alkyl halides is 3. The van der Waals surface area contributed by atoms with Crippen LogP contribution in [-0.4, -0.2) is 4.92 Å². The topological polar surface area (TPSA) is 52.4 Å². The number of nitro benzene ring substituents is 1. The molecule has 134 valence electrons. The Labute approximate surface area is 143 Å². The van der Waals surface area contributed by atoms with Gasteiger partial charge in [-0.15, -0.1) is 0 Å². The van der Waals surface area contributed by atoms with Gasteiger partial charge in [0.25, 0.3) is 0 Å². The van der Waals surface area contributed by atoms with Gasteiger partial charge in [0.05, 0.1) is 10.5 Å². The van der Waals surface area contributed by atoms with Crippen molar-refractivity contribution in [2.75, 3.05) is 0 Å². The van der Waals surface area contributed by atoms with E-state index >= 15 is 0 Å². The zero-order valence-electron chi connectivity index (χ0n) is 14.3. The molecule has 0 fully saturated rings. The van der Waals surface area contributed by atoms with Gasteiger partial charge >= 0.3 is 11.9 Å². The van der Waals surface area contributed by atoms with Gasteiger partial charge < -0.3 is 4.74 Å². The van der Waals surface area contributed by atoms with Gasteiger partial charge in [0, 0.05) is 6.07 Å². The summed E-state index contributed by atoms with van der Waals surface area (Å²) in [4.78, 5) is 10.3. The molecule has 0 aliphatic carbocycles. The molecule has 25 heavy (non-hydrogen) atoms. The Morgan fingerprint density at radius 1 is 0.960 bits per heavy atom. The molecule has 0 unspecified atom stereocenters. The first-order valence-electron chi connectivity index (χ1n) is 7.54. The van der Waals surface area contributed by atoms with Crippen molar-refractivity contribution in [3.63, 3.8) is 0 Å². The van der Waals surface area contributed by atoms with E-state index < -0.39 is 22.4 Å². The van der Waals surface area contributed by atoms with Crippen molar-refractivity contribution < 1.29 is 22.8 Å². The standard InChI is InChI=1S/C18H18F3NO3/c1-11-5-6-12(17(2,3)4)10-16(11)25-15-8-7-13(18(19,20)21)9-14(15)22(23)24/h5-10H,1-4H3. The van der Waals surface area contributed by atoms with Crippen LogP contribution in [0.1, 0.15) is 37.5 Å². The number of halogens is 3. The third-order valence-corrected chi connectivity index (χ3v) is 3.76. The van der Waals surface area contributed by atoms with Gasteiger partial charge in [-0.1, -0.05) is 32.9 Å². The molecule has 0 saturated carbocycles. The predicted octanol–water partition coefficient (Wildman–Crippen LogP) is 6.01. The van der Waals surface area contributed by atoms with Gasteiger partial charge in [-0.2, -0.15) is 13.2 Å². The first-order valence-corrected chi connectivity index (χ1v) is 7.54. The van der Waals surface area contributed by atoms with Crippen LogP contribution in [0, 0.1) is 17.0 Å². The number of aryl methyl sites for hydroxylation is 1. The van der Waals surface area contributed by atoms with Crippen molar-refractivity contribution in [2.24, 2.45) is 0 Å². The first kappa shape index (κ1) is 18.8. The highest BCUT2D eigenvalue weighted by atomic mass is 19.4. The lowest BCUT2D eigenvalue weighted by Gasteiger charge is -2.21. The average molecular weight is 353 g/mol. The summed E-state index contributed by atoms with van der Waals surface area (Å²) >= 11 is 0. The SMILES string of the molecule is Cc1ccc(C(C)(C)C)cc1Oc1ccc(C(F)(F)F)cc1[N+](=O)[O-]. The maximum atomic E-state index is 12.8. The van der Waals surface area contributed by atoms with Gasteiger partial charge in [-0.05, 0) is 41.7 Å². The Kier molecular flexibility index (Phi) is 4.79. The number of ether oxygens (including phenoxy) is 1. The van der Waals surface area contributed by atoms with E-state index in [1.165, 1.54) is 0 Å². The number of rotatable bonds is 3. The lowest BCUT2D eigenvalue weighted by Crippen LogP contribution is -2.11. The highest BCUT2D eigenvalue weighted by Crippen LogP contribution is 2.39. The average Bonchev–Trinajstić information content (AvgIpc) is 2.47. The fraction of sp³-hybridized carbons (Fsp3) is 0.333. The molecular formula is C18H18F3NO3. The minimum absolute atomic E-state index is 0.169. The second kappa shape index (κ2) is 6.38. The number of nitro groups is 1. The maximum Gasteiger partial charge on any atom is 0.416 e. The molecule has 0 saturated heterocycles. The van der Waals surface area contributed by atoms with Crippen LogP contribution in [0.4, 0.5) is 18.9 Å². The Morgan fingerprint density at radius 3 is 2.08 bits per heavy atom. The molecule has 0 heterocycles. The summed E-state index contributed by atoms with van der Waals surface area (Å²) in [5.74, 6) is 0.141. The van der Waals surface area contributed by atoms with Crippen molar-refractivity contribution >= 4 is 5.69 Å². The Bertz CT molecular complexity index is 808. The van der Waals surface area contributed by atoms with Crippen LogP contribution >= 0.6 is 0 Å². The number of benzene rings is 2. The molecule has 0 aliphatic heterocycles. The maximum absolute atomic E-state index is 12.8.